The Bertz CT molecular complexity index is 499. The fraction of sp³-hybridized carbons (Fsp3) is 0.733. The minimum absolute atomic E-state index is 0.316. The summed E-state index contributed by atoms with van der Waals surface area (Å²) in [6.45, 7) is 5.51. The van der Waals surface area contributed by atoms with Crippen molar-refractivity contribution < 1.29 is 9.47 Å². The molecule has 0 spiro atoms. The predicted molar refractivity (Wildman–Crippen MR) is 81.1 cm³/mol. The van der Waals surface area contributed by atoms with Gasteiger partial charge in [0, 0.05) is 19.4 Å². The van der Waals surface area contributed by atoms with Crippen LogP contribution < -0.4 is 0 Å². The van der Waals surface area contributed by atoms with E-state index in [1.54, 1.807) is 7.11 Å². The second-order valence-corrected chi connectivity index (χ2v) is 6.07. The van der Waals surface area contributed by atoms with Crippen LogP contribution in [0.15, 0.2) is 6.07 Å². The van der Waals surface area contributed by atoms with E-state index in [1.165, 1.54) is 6.42 Å². The van der Waals surface area contributed by atoms with Crippen molar-refractivity contribution in [1.82, 2.24) is 9.97 Å². The summed E-state index contributed by atoms with van der Waals surface area (Å²) in [5.41, 5.74) is 0.642. The van der Waals surface area contributed by atoms with Crippen LogP contribution >= 0.6 is 12.2 Å². The van der Waals surface area contributed by atoms with Crippen LogP contribution in [0.3, 0.4) is 0 Å². The van der Waals surface area contributed by atoms with Crippen molar-refractivity contribution in [3.8, 4) is 0 Å². The molecule has 0 amide bonds. The van der Waals surface area contributed by atoms with E-state index in [1.807, 2.05) is 13.0 Å². The number of hydrogen-bond acceptors (Lipinski definition) is 4. The number of methoxy groups -OCH3 is 1. The highest BCUT2D eigenvalue weighted by atomic mass is 32.1. The second kappa shape index (κ2) is 6.78. The molecule has 2 atom stereocenters. The van der Waals surface area contributed by atoms with E-state index in [-0.39, 0.29) is 5.60 Å². The molecule has 20 heavy (non-hydrogen) atoms. The molecule has 112 valence electrons. The number of nitrogens with zero attached hydrogens (tertiary/aromatic N) is 1. The smallest absolute Gasteiger partial charge is 0.140 e. The molecular formula is C15H24N2O2S. The Morgan fingerprint density at radius 2 is 2.35 bits per heavy atom. The molecule has 1 N–H and O–H groups in total. The molecule has 0 aliphatic heterocycles. The van der Waals surface area contributed by atoms with Gasteiger partial charge in [-0.2, -0.15) is 0 Å². The Balaban J connectivity index is 2.40. The van der Waals surface area contributed by atoms with E-state index >= 15 is 0 Å². The number of hydrogen-bond donors (Lipinski definition) is 1. The fourth-order valence-electron chi connectivity index (χ4n) is 3.15. The van der Waals surface area contributed by atoms with E-state index in [0.717, 1.165) is 30.8 Å². The third-order valence-corrected chi connectivity index (χ3v) is 4.12. The maximum atomic E-state index is 6.13. The van der Waals surface area contributed by atoms with E-state index in [2.05, 4.69) is 16.9 Å². The topological polar surface area (TPSA) is 47.1 Å². The summed E-state index contributed by atoms with van der Waals surface area (Å²) in [5.74, 6) is 1.51. The molecule has 4 nitrogen and oxygen atoms in total. The van der Waals surface area contributed by atoms with Crippen molar-refractivity contribution in [1.29, 1.82) is 0 Å². The third-order valence-electron chi connectivity index (χ3n) is 3.91. The van der Waals surface area contributed by atoms with Crippen molar-refractivity contribution in [3.63, 3.8) is 0 Å². The van der Waals surface area contributed by atoms with Crippen molar-refractivity contribution in [2.45, 2.75) is 51.7 Å². The number of rotatable bonds is 5. The molecule has 0 aromatic carbocycles. The first-order chi connectivity index (χ1) is 9.59. The summed E-state index contributed by atoms with van der Waals surface area (Å²) in [4.78, 5) is 7.92. The zero-order chi connectivity index (χ0) is 14.6. The Labute approximate surface area is 125 Å². The summed E-state index contributed by atoms with van der Waals surface area (Å²) in [6, 6.07) is 1.86. The third kappa shape index (κ3) is 3.45. The van der Waals surface area contributed by atoms with E-state index in [4.69, 9.17) is 21.7 Å². The molecule has 2 unspecified atom stereocenters. The van der Waals surface area contributed by atoms with Crippen LogP contribution in [0.5, 0.6) is 0 Å². The molecule has 1 aromatic heterocycles. The molecule has 1 saturated carbocycles. The molecule has 1 aliphatic rings. The lowest BCUT2D eigenvalue weighted by atomic mass is 9.78. The Morgan fingerprint density at radius 3 is 3.00 bits per heavy atom. The number of ether oxygens (including phenoxy) is 2. The van der Waals surface area contributed by atoms with Crippen LogP contribution in [0.25, 0.3) is 0 Å². The number of aromatic nitrogens is 2. The van der Waals surface area contributed by atoms with Crippen LogP contribution in [0.4, 0.5) is 0 Å². The first-order valence-corrected chi connectivity index (χ1v) is 7.74. The van der Waals surface area contributed by atoms with Gasteiger partial charge in [0.2, 0.25) is 0 Å². The van der Waals surface area contributed by atoms with Crippen molar-refractivity contribution in [2.24, 2.45) is 5.92 Å². The lowest BCUT2D eigenvalue weighted by molar-refractivity contribution is -0.0884. The highest BCUT2D eigenvalue weighted by Crippen LogP contribution is 2.41. The molecule has 1 fully saturated rings. The van der Waals surface area contributed by atoms with Gasteiger partial charge < -0.3 is 14.5 Å². The second-order valence-electron chi connectivity index (χ2n) is 5.66. The molecule has 0 saturated heterocycles. The zero-order valence-corrected chi connectivity index (χ0v) is 13.4. The number of H-pyrrole nitrogens is 1. The van der Waals surface area contributed by atoms with Crippen LogP contribution in [0.1, 0.15) is 51.0 Å². The highest BCUT2D eigenvalue weighted by molar-refractivity contribution is 7.71. The molecule has 1 heterocycles. The van der Waals surface area contributed by atoms with Crippen molar-refractivity contribution in [2.75, 3.05) is 13.7 Å². The largest absolute Gasteiger partial charge is 0.378 e. The van der Waals surface area contributed by atoms with Gasteiger partial charge in [-0.05, 0) is 38.2 Å². The molecule has 0 radical (unpaired) electrons. The predicted octanol–water partition coefficient (Wildman–Crippen LogP) is 3.73. The monoisotopic (exact) mass is 296 g/mol. The quantitative estimate of drug-likeness (QED) is 0.841. The summed E-state index contributed by atoms with van der Waals surface area (Å²) < 4.78 is 11.9. The Kier molecular flexibility index (Phi) is 5.29. The average Bonchev–Trinajstić information content (AvgIpc) is 2.39. The standard InChI is InChI=1S/C15H24N2O2S/c1-4-19-15(7-5-6-11(2)9-15)14-16-12(10-18-3)8-13(20)17-14/h8,11H,4-7,9-10H2,1-3H3,(H,16,17,20). The van der Waals surface area contributed by atoms with E-state index in [9.17, 15) is 0 Å². The van der Waals surface area contributed by atoms with Crippen molar-refractivity contribution in [3.05, 3.63) is 22.2 Å². The van der Waals surface area contributed by atoms with Gasteiger partial charge in [-0.1, -0.05) is 25.6 Å². The lowest BCUT2D eigenvalue weighted by Crippen LogP contribution is -2.37. The minimum atomic E-state index is -0.316. The van der Waals surface area contributed by atoms with Gasteiger partial charge in [0.15, 0.2) is 0 Å². The first kappa shape index (κ1) is 15.6. The van der Waals surface area contributed by atoms with E-state index < -0.39 is 0 Å². The van der Waals surface area contributed by atoms with Crippen LogP contribution in [-0.4, -0.2) is 23.7 Å². The van der Waals surface area contributed by atoms with E-state index in [0.29, 0.717) is 23.8 Å². The number of nitrogens with one attached hydrogen (secondary N) is 1. The summed E-state index contributed by atoms with van der Waals surface area (Å²) in [5, 5.41) is 0. The Morgan fingerprint density at radius 1 is 1.55 bits per heavy atom. The highest BCUT2D eigenvalue weighted by Gasteiger charge is 2.39. The zero-order valence-electron chi connectivity index (χ0n) is 12.6. The first-order valence-electron chi connectivity index (χ1n) is 7.33. The van der Waals surface area contributed by atoms with Crippen LogP contribution in [-0.2, 0) is 21.7 Å². The normalized spacial score (nSPS) is 26.6. The maximum absolute atomic E-state index is 6.13. The van der Waals surface area contributed by atoms with Gasteiger partial charge in [0.05, 0.1) is 6.61 Å². The SMILES string of the molecule is CCOC1(c2nc(=S)cc(COC)[nH]2)CCCC(C)C1. The van der Waals surface area contributed by atoms with Gasteiger partial charge in [0.25, 0.3) is 0 Å². The summed E-state index contributed by atoms with van der Waals surface area (Å²) in [7, 11) is 1.68. The molecular weight excluding hydrogens is 272 g/mol. The Hall–Kier alpha value is -0.780. The van der Waals surface area contributed by atoms with Gasteiger partial charge in [-0.25, -0.2) is 4.98 Å². The molecule has 1 aromatic rings. The average molecular weight is 296 g/mol. The summed E-state index contributed by atoms with van der Waals surface area (Å²) in [6.07, 6.45) is 4.42. The summed E-state index contributed by atoms with van der Waals surface area (Å²) >= 11 is 5.29. The van der Waals surface area contributed by atoms with Crippen molar-refractivity contribution >= 4 is 12.2 Å². The van der Waals surface area contributed by atoms with Gasteiger partial charge >= 0.3 is 0 Å². The van der Waals surface area contributed by atoms with Gasteiger partial charge in [0.1, 0.15) is 16.1 Å². The number of aromatic amines is 1. The van der Waals surface area contributed by atoms with Crippen LogP contribution in [0, 0.1) is 10.6 Å². The maximum Gasteiger partial charge on any atom is 0.140 e. The fourth-order valence-corrected chi connectivity index (χ4v) is 3.38. The minimum Gasteiger partial charge on any atom is -0.378 e. The molecule has 0 bridgehead atoms. The van der Waals surface area contributed by atoms with Gasteiger partial charge in [-0.3, -0.25) is 0 Å². The molecule has 5 heteroatoms. The van der Waals surface area contributed by atoms with Crippen LogP contribution in [0.2, 0.25) is 0 Å². The molecule has 1 aliphatic carbocycles. The van der Waals surface area contributed by atoms with Gasteiger partial charge in [-0.15, -0.1) is 0 Å². The lowest BCUT2D eigenvalue weighted by Gasteiger charge is -2.39. The molecule has 2 rings (SSSR count).